The van der Waals surface area contributed by atoms with E-state index in [2.05, 4.69) is 10.6 Å². The fraction of sp³-hybridized carbons (Fsp3) is 0.167. The highest BCUT2D eigenvalue weighted by atomic mass is 35.5. The predicted octanol–water partition coefficient (Wildman–Crippen LogP) is 4.06. The molecule has 0 saturated carbocycles. The maximum atomic E-state index is 11.9. The molecule has 6 nitrogen and oxygen atoms in total. The van der Waals surface area contributed by atoms with Crippen molar-refractivity contribution in [3.05, 3.63) is 58.1 Å². The molecule has 0 bridgehead atoms. The second-order valence-corrected chi connectivity index (χ2v) is 6.42. The number of amides is 1. The van der Waals surface area contributed by atoms with Gasteiger partial charge in [-0.2, -0.15) is 0 Å². The first-order valence-electron chi connectivity index (χ1n) is 7.85. The Morgan fingerprint density at radius 2 is 1.81 bits per heavy atom. The summed E-state index contributed by atoms with van der Waals surface area (Å²) < 4.78 is 10.2. The highest BCUT2D eigenvalue weighted by Gasteiger charge is 2.09. The van der Waals surface area contributed by atoms with Gasteiger partial charge in [-0.15, -0.1) is 0 Å². The van der Waals surface area contributed by atoms with E-state index in [-0.39, 0.29) is 11.7 Å². The minimum atomic E-state index is -0.457. The van der Waals surface area contributed by atoms with Crippen LogP contribution in [0.3, 0.4) is 0 Å². The Hall–Kier alpha value is -2.35. The van der Waals surface area contributed by atoms with Crippen molar-refractivity contribution >= 4 is 58.1 Å². The highest BCUT2D eigenvalue weighted by Crippen LogP contribution is 2.27. The van der Waals surface area contributed by atoms with Crippen LogP contribution >= 0.6 is 35.4 Å². The fourth-order valence-corrected chi connectivity index (χ4v) is 2.66. The van der Waals surface area contributed by atoms with E-state index < -0.39 is 11.9 Å². The standard InChI is InChI=1S/C18H16Cl2N2O4S/c1-2-25-17(24)11-3-6-13(7-4-11)21-18(27)22-16(23)10-26-15-8-5-12(19)9-14(15)20/h3-9H,2,10H2,1H3,(H2,21,22,23,27). The van der Waals surface area contributed by atoms with Gasteiger partial charge in [0.2, 0.25) is 0 Å². The Balaban J connectivity index is 1.82. The van der Waals surface area contributed by atoms with E-state index in [0.29, 0.717) is 33.7 Å². The number of hydrogen-bond acceptors (Lipinski definition) is 5. The third kappa shape index (κ3) is 6.71. The lowest BCUT2D eigenvalue weighted by molar-refractivity contribution is -0.121. The monoisotopic (exact) mass is 426 g/mol. The molecule has 0 unspecified atom stereocenters. The number of benzene rings is 2. The first-order chi connectivity index (χ1) is 12.9. The van der Waals surface area contributed by atoms with Gasteiger partial charge in [-0.25, -0.2) is 4.79 Å². The number of rotatable bonds is 6. The third-order valence-corrected chi connectivity index (χ3v) is 3.89. The lowest BCUT2D eigenvalue weighted by Gasteiger charge is -2.11. The van der Waals surface area contributed by atoms with Gasteiger partial charge < -0.3 is 14.8 Å². The van der Waals surface area contributed by atoms with E-state index in [1.807, 2.05) is 0 Å². The van der Waals surface area contributed by atoms with Gasteiger partial charge in [-0.05, 0) is 61.6 Å². The Morgan fingerprint density at radius 1 is 1.11 bits per heavy atom. The minimum absolute atomic E-state index is 0.0923. The normalized spacial score (nSPS) is 10.0. The molecule has 2 aromatic rings. The van der Waals surface area contributed by atoms with Gasteiger partial charge in [-0.1, -0.05) is 23.2 Å². The minimum Gasteiger partial charge on any atom is -0.482 e. The number of halogens is 2. The van der Waals surface area contributed by atoms with E-state index in [1.54, 1.807) is 43.3 Å². The molecule has 0 heterocycles. The number of ether oxygens (including phenoxy) is 2. The Kier molecular flexibility index (Phi) is 7.84. The zero-order chi connectivity index (χ0) is 19.8. The van der Waals surface area contributed by atoms with Crippen LogP contribution < -0.4 is 15.4 Å². The van der Waals surface area contributed by atoms with Gasteiger partial charge in [-0.3, -0.25) is 10.1 Å². The Morgan fingerprint density at radius 3 is 2.44 bits per heavy atom. The van der Waals surface area contributed by atoms with Crippen molar-refractivity contribution in [2.75, 3.05) is 18.5 Å². The van der Waals surface area contributed by atoms with E-state index in [9.17, 15) is 9.59 Å². The topological polar surface area (TPSA) is 76.7 Å². The van der Waals surface area contributed by atoms with E-state index in [4.69, 9.17) is 44.9 Å². The number of anilines is 1. The van der Waals surface area contributed by atoms with Gasteiger partial charge in [0, 0.05) is 10.7 Å². The SMILES string of the molecule is CCOC(=O)c1ccc(NC(=S)NC(=O)COc2ccc(Cl)cc2Cl)cc1. The molecule has 0 spiro atoms. The first kappa shape index (κ1) is 21.0. The predicted molar refractivity (Wildman–Crippen MR) is 109 cm³/mol. The molecule has 27 heavy (non-hydrogen) atoms. The summed E-state index contributed by atoms with van der Waals surface area (Å²) in [5.74, 6) is -0.524. The van der Waals surface area contributed by atoms with Gasteiger partial charge >= 0.3 is 5.97 Å². The van der Waals surface area contributed by atoms with Gasteiger partial charge in [0.1, 0.15) is 5.75 Å². The third-order valence-electron chi connectivity index (χ3n) is 3.16. The molecule has 1 amide bonds. The quantitative estimate of drug-likeness (QED) is 0.535. The van der Waals surface area contributed by atoms with Crippen LogP contribution in [0.15, 0.2) is 42.5 Å². The number of esters is 1. The Labute approximate surface area is 171 Å². The molecule has 0 saturated heterocycles. The summed E-state index contributed by atoms with van der Waals surface area (Å²) in [6.45, 7) is 1.77. The van der Waals surface area contributed by atoms with Crippen LogP contribution in [-0.2, 0) is 9.53 Å². The van der Waals surface area contributed by atoms with E-state index >= 15 is 0 Å². The van der Waals surface area contributed by atoms with Crippen molar-refractivity contribution in [1.29, 1.82) is 0 Å². The summed E-state index contributed by atoms with van der Waals surface area (Å²) in [7, 11) is 0. The van der Waals surface area contributed by atoms with Crippen LogP contribution in [0.5, 0.6) is 5.75 Å². The van der Waals surface area contributed by atoms with Crippen LogP contribution in [0.1, 0.15) is 17.3 Å². The van der Waals surface area contributed by atoms with Crippen molar-refractivity contribution in [1.82, 2.24) is 5.32 Å². The molecular weight excluding hydrogens is 411 g/mol. The molecule has 0 atom stereocenters. The number of carbonyl (C=O) groups excluding carboxylic acids is 2. The van der Waals surface area contributed by atoms with Crippen LogP contribution in [0.25, 0.3) is 0 Å². The van der Waals surface area contributed by atoms with Crippen molar-refractivity contribution in [2.45, 2.75) is 6.92 Å². The molecule has 9 heteroatoms. The molecule has 2 rings (SSSR count). The smallest absolute Gasteiger partial charge is 0.338 e. The van der Waals surface area contributed by atoms with Crippen molar-refractivity contribution < 1.29 is 19.1 Å². The summed E-state index contributed by atoms with van der Waals surface area (Å²) in [5.41, 5.74) is 1.03. The Bertz CT molecular complexity index is 844. The molecule has 0 aromatic heterocycles. The lowest BCUT2D eigenvalue weighted by atomic mass is 10.2. The lowest BCUT2D eigenvalue weighted by Crippen LogP contribution is -2.37. The van der Waals surface area contributed by atoms with Crippen LogP contribution in [0.4, 0.5) is 5.69 Å². The second kappa shape index (κ2) is 10.1. The molecule has 2 N–H and O–H groups in total. The summed E-state index contributed by atoms with van der Waals surface area (Å²) >= 11 is 16.8. The van der Waals surface area contributed by atoms with Crippen molar-refractivity contribution in [2.24, 2.45) is 0 Å². The molecule has 0 radical (unpaired) electrons. The number of hydrogen-bond donors (Lipinski definition) is 2. The summed E-state index contributed by atoms with van der Waals surface area (Å²) in [6, 6.07) is 11.2. The summed E-state index contributed by atoms with van der Waals surface area (Å²) in [5, 5.41) is 6.18. The average molecular weight is 427 g/mol. The van der Waals surface area contributed by atoms with Crippen LogP contribution in [0, 0.1) is 0 Å². The maximum Gasteiger partial charge on any atom is 0.338 e. The van der Waals surface area contributed by atoms with Crippen LogP contribution in [0.2, 0.25) is 10.0 Å². The number of thiocarbonyl (C=S) groups is 1. The molecule has 142 valence electrons. The van der Waals surface area contributed by atoms with Crippen LogP contribution in [-0.4, -0.2) is 30.2 Å². The van der Waals surface area contributed by atoms with E-state index in [1.165, 1.54) is 6.07 Å². The van der Waals surface area contributed by atoms with Gasteiger partial charge in [0.15, 0.2) is 11.7 Å². The zero-order valence-corrected chi connectivity index (χ0v) is 16.6. The number of nitrogens with one attached hydrogen (secondary N) is 2. The van der Waals surface area contributed by atoms with Crippen molar-refractivity contribution in [3.8, 4) is 5.75 Å². The molecular formula is C18H16Cl2N2O4S. The van der Waals surface area contributed by atoms with Gasteiger partial charge in [0.05, 0.1) is 17.2 Å². The molecule has 0 aliphatic heterocycles. The average Bonchev–Trinajstić information content (AvgIpc) is 2.61. The molecule has 0 fully saturated rings. The number of carbonyl (C=O) groups is 2. The molecule has 0 aliphatic carbocycles. The van der Waals surface area contributed by atoms with E-state index in [0.717, 1.165) is 0 Å². The first-order valence-corrected chi connectivity index (χ1v) is 9.01. The maximum absolute atomic E-state index is 11.9. The van der Waals surface area contributed by atoms with Crippen molar-refractivity contribution in [3.63, 3.8) is 0 Å². The summed E-state index contributed by atoms with van der Waals surface area (Å²) in [4.78, 5) is 23.5. The molecule has 2 aromatic carbocycles. The highest BCUT2D eigenvalue weighted by molar-refractivity contribution is 7.80. The molecule has 0 aliphatic rings. The fourth-order valence-electron chi connectivity index (χ4n) is 1.96. The summed E-state index contributed by atoms with van der Waals surface area (Å²) in [6.07, 6.45) is 0. The largest absolute Gasteiger partial charge is 0.482 e. The second-order valence-electron chi connectivity index (χ2n) is 5.16. The zero-order valence-electron chi connectivity index (χ0n) is 14.3. The van der Waals surface area contributed by atoms with Gasteiger partial charge in [0.25, 0.3) is 5.91 Å².